The predicted octanol–water partition coefficient (Wildman–Crippen LogP) is 4.46. The van der Waals surface area contributed by atoms with Gasteiger partial charge >= 0.3 is 0 Å². The first-order chi connectivity index (χ1) is 15.9. The summed E-state index contributed by atoms with van der Waals surface area (Å²) in [7, 11) is 3.29. The predicted molar refractivity (Wildman–Crippen MR) is 127 cm³/mol. The smallest absolute Gasteiger partial charge is 0.269 e. The number of piperidine rings is 1. The van der Waals surface area contributed by atoms with Crippen molar-refractivity contribution >= 4 is 17.2 Å². The molecule has 172 valence electrons. The molecule has 0 unspecified atom stereocenters. The van der Waals surface area contributed by atoms with Crippen molar-refractivity contribution in [2.75, 3.05) is 37.5 Å². The Morgan fingerprint density at radius 3 is 2.21 bits per heavy atom. The highest BCUT2D eigenvalue weighted by atomic mass is 16.6. The molecular weight excluding hydrogens is 422 g/mol. The lowest BCUT2D eigenvalue weighted by Gasteiger charge is -2.34. The second kappa shape index (κ2) is 9.72. The molecule has 0 bridgehead atoms. The third-order valence-corrected chi connectivity index (χ3v) is 5.72. The minimum absolute atomic E-state index is 0.0508. The van der Waals surface area contributed by atoms with Crippen molar-refractivity contribution in [1.29, 1.82) is 0 Å². The number of non-ortho nitro benzene ring substituents is 1. The number of aromatic nitrogens is 2. The highest BCUT2D eigenvalue weighted by Crippen LogP contribution is 2.29. The fraction of sp³-hybridized carbons (Fsp3) is 0.333. The van der Waals surface area contributed by atoms with Crippen LogP contribution in [0.1, 0.15) is 18.5 Å². The molecular formula is C24H27N5O4. The average Bonchev–Trinajstić information content (AvgIpc) is 2.84. The molecule has 33 heavy (non-hydrogen) atoms. The topological polar surface area (TPSA) is 103 Å². The van der Waals surface area contributed by atoms with Crippen molar-refractivity contribution in [1.82, 2.24) is 9.97 Å². The van der Waals surface area contributed by atoms with Gasteiger partial charge in [-0.25, -0.2) is 9.97 Å². The van der Waals surface area contributed by atoms with Gasteiger partial charge in [-0.3, -0.25) is 10.1 Å². The summed E-state index contributed by atoms with van der Waals surface area (Å²) >= 11 is 0. The molecule has 1 N–H and O–H groups in total. The number of hydrogen-bond donors (Lipinski definition) is 1. The van der Waals surface area contributed by atoms with E-state index in [1.165, 1.54) is 12.1 Å². The average molecular weight is 450 g/mol. The highest BCUT2D eigenvalue weighted by molar-refractivity contribution is 5.60. The van der Waals surface area contributed by atoms with Crippen LogP contribution in [0.3, 0.4) is 0 Å². The van der Waals surface area contributed by atoms with Crippen LogP contribution in [0.15, 0.2) is 48.5 Å². The lowest BCUT2D eigenvalue weighted by Crippen LogP contribution is -2.39. The van der Waals surface area contributed by atoms with Gasteiger partial charge in [0.25, 0.3) is 5.69 Å². The maximum atomic E-state index is 10.9. The van der Waals surface area contributed by atoms with Crippen LogP contribution in [0.4, 0.5) is 17.2 Å². The molecule has 1 saturated heterocycles. The summed E-state index contributed by atoms with van der Waals surface area (Å²) in [6.45, 7) is 3.65. The lowest BCUT2D eigenvalue weighted by molar-refractivity contribution is -0.384. The quantitative estimate of drug-likeness (QED) is 0.417. The third kappa shape index (κ3) is 5.31. The van der Waals surface area contributed by atoms with Crippen molar-refractivity contribution in [3.05, 3.63) is 64.3 Å². The second-order valence-corrected chi connectivity index (χ2v) is 8.00. The SMILES string of the molecule is COc1cc(NC2CCN(c3cc(C)nc(-c4ccc([N+](=O)[O-])cc4)n3)CC2)cc(OC)c1. The number of anilines is 2. The summed E-state index contributed by atoms with van der Waals surface area (Å²) in [4.78, 5) is 22.0. The Labute approximate surface area is 192 Å². The third-order valence-electron chi connectivity index (χ3n) is 5.72. The fourth-order valence-electron chi connectivity index (χ4n) is 3.95. The highest BCUT2D eigenvalue weighted by Gasteiger charge is 2.21. The first-order valence-corrected chi connectivity index (χ1v) is 10.8. The van der Waals surface area contributed by atoms with Gasteiger partial charge < -0.3 is 19.7 Å². The Bertz CT molecular complexity index is 1110. The molecule has 1 aliphatic heterocycles. The molecule has 0 saturated carbocycles. The van der Waals surface area contributed by atoms with E-state index in [9.17, 15) is 10.1 Å². The lowest BCUT2D eigenvalue weighted by atomic mass is 10.0. The maximum Gasteiger partial charge on any atom is 0.269 e. The number of benzene rings is 2. The van der Waals surface area contributed by atoms with Gasteiger partial charge in [-0.05, 0) is 31.9 Å². The largest absolute Gasteiger partial charge is 0.497 e. The molecule has 1 fully saturated rings. The maximum absolute atomic E-state index is 10.9. The van der Waals surface area contributed by atoms with Crippen LogP contribution in [-0.4, -0.2) is 48.2 Å². The number of methoxy groups -OCH3 is 2. The van der Waals surface area contributed by atoms with E-state index in [4.69, 9.17) is 14.5 Å². The van der Waals surface area contributed by atoms with Crippen LogP contribution in [0, 0.1) is 17.0 Å². The van der Waals surface area contributed by atoms with E-state index >= 15 is 0 Å². The molecule has 1 aromatic heterocycles. The Kier molecular flexibility index (Phi) is 6.58. The molecule has 9 nitrogen and oxygen atoms in total. The van der Waals surface area contributed by atoms with Crippen LogP contribution < -0.4 is 19.7 Å². The van der Waals surface area contributed by atoms with Crippen molar-refractivity contribution < 1.29 is 14.4 Å². The number of rotatable bonds is 7. The van der Waals surface area contributed by atoms with E-state index in [-0.39, 0.29) is 5.69 Å². The van der Waals surface area contributed by atoms with Crippen LogP contribution >= 0.6 is 0 Å². The Morgan fingerprint density at radius 1 is 1.00 bits per heavy atom. The Balaban J connectivity index is 1.44. The van der Waals surface area contributed by atoms with E-state index in [1.54, 1.807) is 26.4 Å². The van der Waals surface area contributed by atoms with Crippen molar-refractivity contribution in [2.24, 2.45) is 0 Å². The summed E-state index contributed by atoms with van der Waals surface area (Å²) in [6, 6.07) is 14.4. The minimum atomic E-state index is -0.411. The molecule has 2 aromatic carbocycles. The first kappa shape index (κ1) is 22.3. The Hall–Kier alpha value is -3.88. The molecule has 0 amide bonds. The first-order valence-electron chi connectivity index (χ1n) is 10.8. The van der Waals surface area contributed by atoms with E-state index in [0.717, 1.165) is 60.2 Å². The van der Waals surface area contributed by atoms with Crippen LogP contribution in [-0.2, 0) is 0 Å². The zero-order valence-electron chi connectivity index (χ0n) is 18.9. The minimum Gasteiger partial charge on any atom is -0.497 e. The zero-order valence-corrected chi connectivity index (χ0v) is 18.9. The molecule has 1 aliphatic rings. The Morgan fingerprint density at radius 2 is 1.64 bits per heavy atom. The van der Waals surface area contributed by atoms with Gasteiger partial charge in [-0.1, -0.05) is 0 Å². The molecule has 0 aliphatic carbocycles. The molecule has 0 spiro atoms. The van der Waals surface area contributed by atoms with Gasteiger partial charge in [0, 0.05) is 72.5 Å². The number of nitro benzene ring substituents is 1. The summed E-state index contributed by atoms with van der Waals surface area (Å²) in [5.74, 6) is 2.95. The number of ether oxygens (including phenoxy) is 2. The molecule has 3 aromatic rings. The molecule has 2 heterocycles. The van der Waals surface area contributed by atoms with Gasteiger partial charge in [0.05, 0.1) is 19.1 Å². The van der Waals surface area contributed by atoms with Crippen LogP contribution in [0.25, 0.3) is 11.4 Å². The van der Waals surface area contributed by atoms with Crippen LogP contribution in [0.2, 0.25) is 0 Å². The number of nitrogens with one attached hydrogen (secondary N) is 1. The van der Waals surface area contributed by atoms with Gasteiger partial charge in [0.15, 0.2) is 5.82 Å². The number of nitro groups is 1. The monoisotopic (exact) mass is 449 g/mol. The summed E-state index contributed by atoms with van der Waals surface area (Å²) < 4.78 is 10.7. The normalized spacial score (nSPS) is 14.1. The van der Waals surface area contributed by atoms with Gasteiger partial charge in [0.2, 0.25) is 0 Å². The molecule has 0 atom stereocenters. The summed E-state index contributed by atoms with van der Waals surface area (Å²) in [6.07, 6.45) is 1.91. The summed E-state index contributed by atoms with van der Waals surface area (Å²) in [5.41, 5.74) is 2.64. The van der Waals surface area contributed by atoms with E-state index in [1.807, 2.05) is 31.2 Å². The molecule has 4 rings (SSSR count). The van der Waals surface area contributed by atoms with E-state index in [2.05, 4.69) is 15.2 Å². The zero-order chi connectivity index (χ0) is 23.4. The standard InChI is InChI=1S/C24H27N5O4/c1-16-12-23(27-24(25-16)17-4-6-20(7-5-17)29(30)31)28-10-8-18(9-11-28)26-19-13-21(32-2)15-22(14-19)33-3/h4-7,12-15,18,26H,8-11H2,1-3H3. The van der Waals surface area contributed by atoms with E-state index < -0.39 is 4.92 Å². The van der Waals surface area contributed by atoms with E-state index in [0.29, 0.717) is 11.9 Å². The van der Waals surface area contributed by atoms with Gasteiger partial charge in [0.1, 0.15) is 17.3 Å². The molecule has 0 radical (unpaired) electrons. The summed E-state index contributed by atoms with van der Waals surface area (Å²) in [5, 5.41) is 14.5. The van der Waals surface area contributed by atoms with Crippen molar-refractivity contribution in [3.63, 3.8) is 0 Å². The molecule has 9 heteroatoms. The number of aryl methyl sites for hydroxylation is 1. The van der Waals surface area contributed by atoms with Gasteiger partial charge in [-0.2, -0.15) is 0 Å². The second-order valence-electron chi connectivity index (χ2n) is 8.00. The fourth-order valence-corrected chi connectivity index (χ4v) is 3.95. The van der Waals surface area contributed by atoms with Crippen molar-refractivity contribution in [3.8, 4) is 22.9 Å². The van der Waals surface area contributed by atoms with Crippen molar-refractivity contribution in [2.45, 2.75) is 25.8 Å². The number of hydrogen-bond acceptors (Lipinski definition) is 8. The number of nitrogens with zero attached hydrogens (tertiary/aromatic N) is 4. The van der Waals surface area contributed by atoms with Crippen LogP contribution in [0.5, 0.6) is 11.5 Å². The van der Waals surface area contributed by atoms with Gasteiger partial charge in [-0.15, -0.1) is 0 Å².